The monoisotopic (exact) mass is 536 g/mol. The molecule has 3 aromatic carbocycles. The predicted octanol–water partition coefficient (Wildman–Crippen LogP) is 9.92. The van der Waals surface area contributed by atoms with Gasteiger partial charge >= 0.3 is 5.97 Å². The lowest BCUT2D eigenvalue weighted by Gasteiger charge is -2.10. The highest BCUT2D eigenvalue weighted by Crippen LogP contribution is 2.28. The number of esters is 1. The van der Waals surface area contributed by atoms with E-state index in [2.05, 4.69) is 13.8 Å². The number of carbonyl (C=O) groups is 1. The molecule has 0 aromatic heterocycles. The average molecular weight is 537 g/mol. The van der Waals surface area contributed by atoms with Gasteiger partial charge in [0.1, 0.15) is 17.2 Å². The summed E-state index contributed by atoms with van der Waals surface area (Å²) in [4.78, 5) is 12.7. The number of benzene rings is 3. The van der Waals surface area contributed by atoms with Crippen molar-refractivity contribution in [1.82, 2.24) is 0 Å². The topological polar surface area (TPSA) is 44.8 Å². The molecule has 0 bridgehead atoms. The first-order chi connectivity index (χ1) is 18.6. The molecule has 0 radical (unpaired) electrons. The van der Waals surface area contributed by atoms with Gasteiger partial charge in [-0.25, -0.2) is 4.79 Å². The van der Waals surface area contributed by atoms with E-state index in [-0.39, 0.29) is 0 Å². The van der Waals surface area contributed by atoms with Gasteiger partial charge in [0.25, 0.3) is 0 Å². The first-order valence-electron chi connectivity index (χ1n) is 14.1. The minimum absolute atomic E-state index is 0.385. The Balaban J connectivity index is 1.46. The number of hydrogen-bond donors (Lipinski definition) is 0. The Hall–Kier alpha value is -2.98. The lowest BCUT2D eigenvalue weighted by molar-refractivity contribution is 0.0734. The Morgan fingerprint density at radius 2 is 1.16 bits per heavy atom. The molecule has 0 saturated carbocycles. The molecule has 5 heteroatoms. The van der Waals surface area contributed by atoms with Crippen molar-refractivity contribution in [2.75, 3.05) is 13.2 Å². The number of unbranched alkanes of at least 4 members (excludes halogenated alkanes) is 8. The van der Waals surface area contributed by atoms with E-state index < -0.39 is 5.97 Å². The summed E-state index contributed by atoms with van der Waals surface area (Å²) in [5, 5.41) is 0.410. The minimum Gasteiger partial charge on any atom is -0.494 e. The van der Waals surface area contributed by atoms with Gasteiger partial charge in [-0.15, -0.1) is 0 Å². The molecule has 4 nitrogen and oxygen atoms in total. The minimum atomic E-state index is -0.457. The summed E-state index contributed by atoms with van der Waals surface area (Å²) in [5.41, 5.74) is 2.50. The maximum atomic E-state index is 12.7. The Morgan fingerprint density at radius 1 is 0.632 bits per heavy atom. The highest BCUT2D eigenvalue weighted by molar-refractivity contribution is 6.32. The van der Waals surface area contributed by atoms with E-state index in [0.717, 1.165) is 42.7 Å². The van der Waals surface area contributed by atoms with E-state index in [0.29, 0.717) is 28.7 Å². The molecule has 0 fully saturated rings. The number of carbonyl (C=O) groups excluding carboxylic acids is 1. The van der Waals surface area contributed by atoms with Gasteiger partial charge in [-0.05, 0) is 66.4 Å². The molecule has 0 aliphatic rings. The van der Waals surface area contributed by atoms with Crippen molar-refractivity contribution < 1.29 is 19.0 Å². The zero-order valence-corrected chi connectivity index (χ0v) is 23.6. The van der Waals surface area contributed by atoms with Crippen LogP contribution in [-0.4, -0.2) is 19.2 Å². The Labute approximate surface area is 233 Å². The van der Waals surface area contributed by atoms with Crippen LogP contribution in [0.4, 0.5) is 0 Å². The Kier molecular flexibility index (Phi) is 13.1. The molecular weight excluding hydrogens is 496 g/mol. The summed E-state index contributed by atoms with van der Waals surface area (Å²) in [6.07, 6.45) is 12.0. The summed E-state index contributed by atoms with van der Waals surface area (Å²) >= 11 is 6.35. The molecule has 0 N–H and O–H groups in total. The van der Waals surface area contributed by atoms with E-state index in [4.69, 9.17) is 25.8 Å². The molecule has 204 valence electrons. The summed E-state index contributed by atoms with van der Waals surface area (Å²) in [6.45, 7) is 5.80. The summed E-state index contributed by atoms with van der Waals surface area (Å²) < 4.78 is 17.2. The normalized spacial score (nSPS) is 10.8. The van der Waals surface area contributed by atoms with E-state index in [9.17, 15) is 4.79 Å². The van der Waals surface area contributed by atoms with Crippen molar-refractivity contribution in [3.8, 4) is 28.4 Å². The zero-order valence-electron chi connectivity index (χ0n) is 22.8. The van der Waals surface area contributed by atoms with Crippen molar-refractivity contribution in [3.05, 3.63) is 77.3 Å². The second-order valence-corrected chi connectivity index (χ2v) is 10.0. The molecule has 3 aromatic rings. The van der Waals surface area contributed by atoms with Gasteiger partial charge in [0, 0.05) is 0 Å². The molecule has 0 aliphatic heterocycles. The van der Waals surface area contributed by atoms with Gasteiger partial charge < -0.3 is 14.2 Å². The Bertz CT molecular complexity index is 1090. The van der Waals surface area contributed by atoms with Crippen LogP contribution >= 0.6 is 11.6 Å². The van der Waals surface area contributed by atoms with E-state index in [1.807, 2.05) is 36.4 Å². The highest BCUT2D eigenvalue weighted by Gasteiger charge is 2.12. The lowest BCUT2D eigenvalue weighted by Crippen LogP contribution is -2.08. The first kappa shape index (κ1) is 29.6. The molecule has 0 aliphatic carbocycles. The van der Waals surface area contributed by atoms with Crippen molar-refractivity contribution in [1.29, 1.82) is 0 Å². The average Bonchev–Trinajstić information content (AvgIpc) is 2.94. The van der Waals surface area contributed by atoms with Crippen molar-refractivity contribution in [2.24, 2.45) is 0 Å². The third-order valence-corrected chi connectivity index (χ3v) is 6.74. The van der Waals surface area contributed by atoms with E-state index in [1.54, 1.807) is 30.3 Å². The summed E-state index contributed by atoms with van der Waals surface area (Å²) in [7, 11) is 0. The second kappa shape index (κ2) is 16.8. The predicted molar refractivity (Wildman–Crippen MR) is 157 cm³/mol. The van der Waals surface area contributed by atoms with Gasteiger partial charge in [-0.2, -0.15) is 0 Å². The van der Waals surface area contributed by atoms with Crippen LogP contribution in [-0.2, 0) is 0 Å². The second-order valence-electron chi connectivity index (χ2n) is 9.61. The highest BCUT2D eigenvalue weighted by atomic mass is 35.5. The zero-order chi connectivity index (χ0) is 27.0. The molecule has 0 saturated heterocycles. The molecule has 0 unspecified atom stereocenters. The smallest absolute Gasteiger partial charge is 0.343 e. The maximum Gasteiger partial charge on any atom is 0.343 e. The lowest BCUT2D eigenvalue weighted by atomic mass is 10.1. The van der Waals surface area contributed by atoms with Crippen LogP contribution in [0.1, 0.15) is 88.4 Å². The quantitative estimate of drug-likeness (QED) is 0.0977. The van der Waals surface area contributed by atoms with Crippen LogP contribution in [0.25, 0.3) is 11.1 Å². The molecule has 38 heavy (non-hydrogen) atoms. The number of ether oxygens (including phenoxy) is 3. The van der Waals surface area contributed by atoms with Crippen LogP contribution in [0, 0.1) is 0 Å². The molecule has 0 heterocycles. The SMILES string of the molecule is CCCCCCCOc1ccc(-c2ccc(OC(=O)c3ccc(OCCCCCCC)c(Cl)c3)cc2)cc1. The fourth-order valence-corrected chi connectivity index (χ4v) is 4.39. The molecule has 0 atom stereocenters. The summed E-state index contributed by atoms with van der Waals surface area (Å²) in [6, 6.07) is 20.6. The van der Waals surface area contributed by atoms with Gasteiger partial charge in [0.2, 0.25) is 0 Å². The van der Waals surface area contributed by atoms with Gasteiger partial charge in [-0.3, -0.25) is 0 Å². The molecule has 0 amide bonds. The van der Waals surface area contributed by atoms with Crippen molar-refractivity contribution >= 4 is 17.6 Å². The fourth-order valence-electron chi connectivity index (χ4n) is 4.15. The maximum absolute atomic E-state index is 12.7. The first-order valence-corrected chi connectivity index (χ1v) is 14.5. The fraction of sp³-hybridized carbons (Fsp3) is 0.424. The van der Waals surface area contributed by atoms with Gasteiger partial charge in [0.15, 0.2) is 0 Å². The van der Waals surface area contributed by atoms with Crippen LogP contribution in [0.5, 0.6) is 17.2 Å². The van der Waals surface area contributed by atoms with Crippen LogP contribution in [0.15, 0.2) is 66.7 Å². The third kappa shape index (κ3) is 10.1. The third-order valence-electron chi connectivity index (χ3n) is 6.44. The number of rotatable bonds is 17. The van der Waals surface area contributed by atoms with Gasteiger partial charge in [-0.1, -0.05) is 101 Å². The molecule has 0 spiro atoms. The van der Waals surface area contributed by atoms with E-state index in [1.165, 1.54) is 44.9 Å². The van der Waals surface area contributed by atoms with E-state index >= 15 is 0 Å². The number of hydrogen-bond acceptors (Lipinski definition) is 4. The molecule has 3 rings (SSSR count). The Morgan fingerprint density at radius 3 is 1.71 bits per heavy atom. The van der Waals surface area contributed by atoms with Gasteiger partial charge in [0.05, 0.1) is 23.8 Å². The van der Waals surface area contributed by atoms with Crippen LogP contribution in [0.3, 0.4) is 0 Å². The largest absolute Gasteiger partial charge is 0.494 e. The number of halogens is 1. The van der Waals surface area contributed by atoms with Crippen LogP contribution < -0.4 is 14.2 Å². The summed E-state index contributed by atoms with van der Waals surface area (Å²) in [5.74, 6) is 1.50. The molecular formula is C33H41ClO4. The van der Waals surface area contributed by atoms with Crippen molar-refractivity contribution in [3.63, 3.8) is 0 Å². The standard InChI is InChI=1S/C33H41ClO4/c1-3-5-7-9-11-23-36-29-18-13-26(14-19-29)27-15-20-30(21-16-27)38-33(35)28-17-22-32(31(34)25-28)37-24-12-10-8-6-4-2/h13-22,25H,3-12,23-24H2,1-2H3. The van der Waals surface area contributed by atoms with Crippen LogP contribution in [0.2, 0.25) is 5.02 Å². The van der Waals surface area contributed by atoms with Crippen molar-refractivity contribution in [2.45, 2.75) is 78.1 Å².